The van der Waals surface area contributed by atoms with E-state index in [2.05, 4.69) is 5.16 Å². The van der Waals surface area contributed by atoms with Gasteiger partial charge in [-0.25, -0.2) is 0 Å². The lowest BCUT2D eigenvalue weighted by Gasteiger charge is -2.04. The largest absolute Gasteiger partial charge is 0.466 e. The minimum absolute atomic E-state index is 0.190. The van der Waals surface area contributed by atoms with Crippen molar-refractivity contribution >= 4 is 23.3 Å². The standard InChI is InChI=1S/C12H14ClNO3/c1-2-17-12(15)8-7-11(14-16)9-3-5-10(13)6-4-9/h3-6,16H,2,7-8H2,1H3. The summed E-state index contributed by atoms with van der Waals surface area (Å²) in [4.78, 5) is 11.2. The molecule has 0 aliphatic rings. The Labute approximate surface area is 105 Å². The van der Waals surface area contributed by atoms with Gasteiger partial charge in [-0.2, -0.15) is 0 Å². The molecule has 0 aromatic heterocycles. The molecule has 1 aromatic carbocycles. The highest BCUT2D eigenvalue weighted by atomic mass is 35.5. The van der Waals surface area contributed by atoms with Gasteiger partial charge in [0.25, 0.3) is 0 Å². The van der Waals surface area contributed by atoms with Crippen LogP contribution in [0.15, 0.2) is 29.4 Å². The maximum Gasteiger partial charge on any atom is 0.306 e. The molecule has 0 aliphatic heterocycles. The van der Waals surface area contributed by atoms with Gasteiger partial charge >= 0.3 is 5.97 Å². The Balaban J connectivity index is 2.61. The summed E-state index contributed by atoms with van der Waals surface area (Å²) >= 11 is 5.75. The molecule has 0 unspecified atom stereocenters. The van der Waals surface area contributed by atoms with Crippen molar-refractivity contribution < 1.29 is 14.7 Å². The van der Waals surface area contributed by atoms with Gasteiger partial charge in [-0.3, -0.25) is 4.79 Å². The van der Waals surface area contributed by atoms with E-state index in [1.165, 1.54) is 0 Å². The molecule has 1 rings (SSSR count). The lowest BCUT2D eigenvalue weighted by molar-refractivity contribution is -0.142. The van der Waals surface area contributed by atoms with Crippen molar-refractivity contribution in [3.63, 3.8) is 0 Å². The molecule has 0 spiro atoms. The molecule has 0 fully saturated rings. The summed E-state index contributed by atoms with van der Waals surface area (Å²) in [6, 6.07) is 6.88. The number of nitrogens with zero attached hydrogens (tertiary/aromatic N) is 1. The summed E-state index contributed by atoms with van der Waals surface area (Å²) in [6.45, 7) is 2.10. The second-order valence-corrected chi connectivity index (χ2v) is 3.80. The quantitative estimate of drug-likeness (QED) is 0.381. The first-order valence-electron chi connectivity index (χ1n) is 5.30. The number of ether oxygens (including phenoxy) is 1. The van der Waals surface area contributed by atoms with Crippen LogP contribution in [0.4, 0.5) is 0 Å². The number of benzene rings is 1. The van der Waals surface area contributed by atoms with E-state index in [4.69, 9.17) is 21.5 Å². The summed E-state index contributed by atoms with van der Waals surface area (Å²) in [7, 11) is 0. The second kappa shape index (κ2) is 6.91. The molecule has 1 N–H and O–H groups in total. The van der Waals surface area contributed by atoms with Gasteiger partial charge in [0.1, 0.15) is 0 Å². The zero-order valence-electron chi connectivity index (χ0n) is 9.52. The molecule has 0 aliphatic carbocycles. The molecule has 92 valence electrons. The first-order chi connectivity index (χ1) is 8.17. The van der Waals surface area contributed by atoms with Gasteiger partial charge in [-0.1, -0.05) is 28.9 Å². The van der Waals surface area contributed by atoms with E-state index in [1.54, 1.807) is 31.2 Å². The van der Waals surface area contributed by atoms with Crippen molar-refractivity contribution in [2.24, 2.45) is 5.16 Å². The molecule has 0 amide bonds. The van der Waals surface area contributed by atoms with Crippen LogP contribution in [0.5, 0.6) is 0 Å². The highest BCUT2D eigenvalue weighted by Crippen LogP contribution is 2.12. The van der Waals surface area contributed by atoms with Crippen LogP contribution in [-0.4, -0.2) is 23.5 Å². The monoisotopic (exact) mass is 255 g/mol. The Morgan fingerprint density at radius 3 is 2.53 bits per heavy atom. The van der Waals surface area contributed by atoms with Crippen LogP contribution < -0.4 is 0 Å². The molecule has 0 saturated heterocycles. The number of carbonyl (C=O) groups is 1. The van der Waals surface area contributed by atoms with E-state index < -0.39 is 0 Å². The van der Waals surface area contributed by atoms with Crippen LogP contribution in [0.25, 0.3) is 0 Å². The van der Waals surface area contributed by atoms with Crippen LogP contribution in [0.1, 0.15) is 25.3 Å². The molecular formula is C12H14ClNO3. The topological polar surface area (TPSA) is 58.9 Å². The SMILES string of the molecule is CCOC(=O)CCC(=NO)c1ccc(Cl)cc1. The summed E-state index contributed by atoms with van der Waals surface area (Å²) in [5.41, 5.74) is 1.18. The zero-order valence-corrected chi connectivity index (χ0v) is 10.3. The number of hydrogen-bond donors (Lipinski definition) is 1. The molecule has 1 aromatic rings. The molecule has 4 nitrogen and oxygen atoms in total. The number of oxime groups is 1. The lowest BCUT2D eigenvalue weighted by atomic mass is 10.1. The number of esters is 1. The van der Waals surface area contributed by atoms with E-state index in [1.807, 2.05) is 0 Å². The summed E-state index contributed by atoms with van der Waals surface area (Å²) in [6.07, 6.45) is 0.521. The molecule has 0 bridgehead atoms. The Morgan fingerprint density at radius 1 is 1.35 bits per heavy atom. The minimum atomic E-state index is -0.303. The highest BCUT2D eigenvalue weighted by Gasteiger charge is 2.08. The van der Waals surface area contributed by atoms with E-state index in [9.17, 15) is 4.79 Å². The third-order valence-corrected chi connectivity index (χ3v) is 2.42. The fraction of sp³-hybridized carbons (Fsp3) is 0.333. The lowest BCUT2D eigenvalue weighted by Crippen LogP contribution is -2.08. The predicted octanol–water partition coefficient (Wildman–Crippen LogP) is 2.86. The smallest absolute Gasteiger partial charge is 0.306 e. The summed E-state index contributed by atoms with van der Waals surface area (Å²) in [5, 5.41) is 12.7. The molecule has 0 atom stereocenters. The number of hydrogen-bond acceptors (Lipinski definition) is 4. The Morgan fingerprint density at radius 2 is 2.00 bits per heavy atom. The van der Waals surface area contributed by atoms with Crippen molar-refractivity contribution in [2.45, 2.75) is 19.8 Å². The van der Waals surface area contributed by atoms with Crippen LogP contribution in [-0.2, 0) is 9.53 Å². The number of carbonyl (C=O) groups excluding carboxylic acids is 1. The van der Waals surface area contributed by atoms with Crippen LogP contribution in [0.2, 0.25) is 5.02 Å². The van der Waals surface area contributed by atoms with Crippen LogP contribution in [0, 0.1) is 0 Å². The van der Waals surface area contributed by atoms with Crippen LogP contribution >= 0.6 is 11.6 Å². The average Bonchev–Trinajstić information content (AvgIpc) is 2.32. The number of rotatable bonds is 5. The van der Waals surface area contributed by atoms with Crippen molar-refractivity contribution in [3.8, 4) is 0 Å². The molecular weight excluding hydrogens is 242 g/mol. The first-order valence-corrected chi connectivity index (χ1v) is 5.67. The van der Waals surface area contributed by atoms with Gasteiger partial charge in [0, 0.05) is 11.4 Å². The van der Waals surface area contributed by atoms with Gasteiger partial charge in [-0.05, 0) is 24.6 Å². The van der Waals surface area contributed by atoms with Crippen molar-refractivity contribution in [1.82, 2.24) is 0 Å². The van der Waals surface area contributed by atoms with Crippen molar-refractivity contribution in [3.05, 3.63) is 34.9 Å². The zero-order chi connectivity index (χ0) is 12.7. The predicted molar refractivity (Wildman–Crippen MR) is 65.6 cm³/mol. The van der Waals surface area contributed by atoms with E-state index in [-0.39, 0.29) is 12.4 Å². The second-order valence-electron chi connectivity index (χ2n) is 3.36. The number of halogens is 1. The summed E-state index contributed by atoms with van der Waals surface area (Å²) in [5.74, 6) is -0.303. The van der Waals surface area contributed by atoms with Crippen LogP contribution in [0.3, 0.4) is 0 Å². The van der Waals surface area contributed by atoms with Gasteiger partial charge < -0.3 is 9.94 Å². The normalized spacial score (nSPS) is 11.3. The van der Waals surface area contributed by atoms with E-state index in [0.717, 1.165) is 5.56 Å². The molecule has 5 heteroatoms. The average molecular weight is 256 g/mol. The van der Waals surface area contributed by atoms with Crippen molar-refractivity contribution in [1.29, 1.82) is 0 Å². The van der Waals surface area contributed by atoms with Gasteiger partial charge in [0.2, 0.25) is 0 Å². The van der Waals surface area contributed by atoms with Gasteiger partial charge in [0.05, 0.1) is 18.7 Å². The third-order valence-electron chi connectivity index (χ3n) is 2.17. The maximum atomic E-state index is 11.2. The summed E-state index contributed by atoms with van der Waals surface area (Å²) < 4.78 is 4.80. The van der Waals surface area contributed by atoms with Gasteiger partial charge in [0.15, 0.2) is 0 Å². The van der Waals surface area contributed by atoms with E-state index >= 15 is 0 Å². The van der Waals surface area contributed by atoms with E-state index in [0.29, 0.717) is 23.8 Å². The van der Waals surface area contributed by atoms with Gasteiger partial charge in [-0.15, -0.1) is 0 Å². The Bertz CT molecular complexity index is 401. The third kappa shape index (κ3) is 4.44. The fourth-order valence-electron chi connectivity index (χ4n) is 1.35. The molecule has 17 heavy (non-hydrogen) atoms. The molecule has 0 heterocycles. The highest BCUT2D eigenvalue weighted by molar-refractivity contribution is 6.30. The Kier molecular flexibility index (Phi) is 5.49. The maximum absolute atomic E-state index is 11.2. The minimum Gasteiger partial charge on any atom is -0.466 e. The Hall–Kier alpha value is -1.55. The van der Waals surface area contributed by atoms with Crippen molar-refractivity contribution in [2.75, 3.05) is 6.61 Å². The molecule has 0 radical (unpaired) electrons. The fourth-order valence-corrected chi connectivity index (χ4v) is 1.47. The molecule has 0 saturated carbocycles. The first kappa shape index (κ1) is 13.5.